The van der Waals surface area contributed by atoms with Crippen LogP contribution in [0.3, 0.4) is 0 Å². The van der Waals surface area contributed by atoms with E-state index in [1.54, 1.807) is 0 Å². The lowest BCUT2D eigenvalue weighted by Crippen LogP contribution is -2.22. The first-order valence-electron chi connectivity index (χ1n) is 6.82. The summed E-state index contributed by atoms with van der Waals surface area (Å²) in [4.78, 5) is 0. The van der Waals surface area contributed by atoms with E-state index in [4.69, 9.17) is 4.74 Å². The number of rotatable bonds is 7. The molecular weight excluding hydrogens is 290 g/mol. The first-order chi connectivity index (χ1) is 8.81. The third kappa shape index (κ3) is 3.81. The number of hydrogen-bond donors (Lipinski definition) is 1. The Bertz CT molecular complexity index is 365. The highest BCUT2D eigenvalue weighted by Gasteiger charge is 2.19. The number of likely N-dealkylation sites (N-methyl/N-ethyl adjacent to an activating group) is 1. The van der Waals surface area contributed by atoms with Crippen molar-refractivity contribution in [3.8, 4) is 0 Å². The van der Waals surface area contributed by atoms with Crippen LogP contribution in [-0.4, -0.2) is 20.2 Å². The van der Waals surface area contributed by atoms with Crippen LogP contribution in [0.4, 0.5) is 0 Å². The first-order valence-corrected chi connectivity index (χ1v) is 7.61. The summed E-state index contributed by atoms with van der Waals surface area (Å²) in [6, 6.07) is 8.32. The molecule has 0 aliphatic heterocycles. The molecule has 0 aromatic heterocycles. The Kier molecular flexibility index (Phi) is 5.67. The number of hydrogen-bond acceptors (Lipinski definition) is 2. The molecule has 1 N–H and O–H groups in total. The second-order valence-corrected chi connectivity index (χ2v) is 5.88. The van der Waals surface area contributed by atoms with Crippen LogP contribution in [0, 0.1) is 5.92 Å². The average molecular weight is 312 g/mol. The van der Waals surface area contributed by atoms with Crippen LogP contribution < -0.4 is 5.32 Å². The Morgan fingerprint density at radius 3 is 2.78 bits per heavy atom. The smallest absolute Gasteiger partial charge is 0.0959 e. The van der Waals surface area contributed by atoms with E-state index in [1.165, 1.54) is 31.2 Å². The van der Waals surface area contributed by atoms with Crippen molar-refractivity contribution < 1.29 is 4.74 Å². The lowest BCUT2D eigenvalue weighted by molar-refractivity contribution is 0.0379. The fourth-order valence-electron chi connectivity index (χ4n) is 2.34. The summed E-state index contributed by atoms with van der Waals surface area (Å²) in [6.07, 6.45) is 5.56. The van der Waals surface area contributed by atoms with Crippen LogP contribution in [0.2, 0.25) is 0 Å². The van der Waals surface area contributed by atoms with E-state index in [2.05, 4.69) is 39.4 Å². The van der Waals surface area contributed by atoms with Crippen LogP contribution in [0.5, 0.6) is 0 Å². The molecule has 0 heterocycles. The van der Waals surface area contributed by atoms with Gasteiger partial charge in [-0.3, -0.25) is 0 Å². The van der Waals surface area contributed by atoms with Gasteiger partial charge in [-0.2, -0.15) is 0 Å². The Labute approximate surface area is 118 Å². The summed E-state index contributed by atoms with van der Waals surface area (Å²) in [5.41, 5.74) is 1.24. The van der Waals surface area contributed by atoms with Crippen molar-refractivity contribution in [2.45, 2.75) is 31.8 Å². The number of halogens is 1. The number of ether oxygens (including phenoxy) is 1. The molecule has 0 radical (unpaired) electrons. The van der Waals surface area contributed by atoms with Crippen molar-refractivity contribution in [1.29, 1.82) is 0 Å². The van der Waals surface area contributed by atoms with E-state index in [0.717, 1.165) is 23.5 Å². The highest BCUT2D eigenvalue weighted by molar-refractivity contribution is 9.10. The molecule has 0 spiro atoms. The molecule has 0 bridgehead atoms. The maximum absolute atomic E-state index is 6.06. The van der Waals surface area contributed by atoms with E-state index in [9.17, 15) is 0 Å². The minimum atomic E-state index is 0.144. The van der Waals surface area contributed by atoms with E-state index in [-0.39, 0.29) is 6.10 Å². The van der Waals surface area contributed by atoms with Gasteiger partial charge >= 0.3 is 0 Å². The van der Waals surface area contributed by atoms with E-state index in [0.29, 0.717) is 0 Å². The van der Waals surface area contributed by atoms with Crippen LogP contribution in [-0.2, 0) is 4.74 Å². The molecule has 0 saturated heterocycles. The Balaban J connectivity index is 1.88. The highest BCUT2D eigenvalue weighted by Crippen LogP contribution is 2.31. The largest absolute Gasteiger partial charge is 0.372 e. The van der Waals surface area contributed by atoms with Gasteiger partial charge in [0, 0.05) is 17.6 Å². The lowest BCUT2D eigenvalue weighted by atomic mass is 9.83. The van der Waals surface area contributed by atoms with Crippen molar-refractivity contribution in [2.24, 2.45) is 5.92 Å². The van der Waals surface area contributed by atoms with Gasteiger partial charge in [-0.1, -0.05) is 53.4 Å². The van der Waals surface area contributed by atoms with Crippen LogP contribution >= 0.6 is 15.9 Å². The van der Waals surface area contributed by atoms with Crippen molar-refractivity contribution in [3.05, 3.63) is 34.3 Å². The van der Waals surface area contributed by atoms with Gasteiger partial charge in [0.05, 0.1) is 6.10 Å². The quantitative estimate of drug-likeness (QED) is 0.824. The maximum Gasteiger partial charge on any atom is 0.0959 e. The monoisotopic (exact) mass is 311 g/mol. The summed E-state index contributed by atoms with van der Waals surface area (Å²) in [5, 5.41) is 3.21. The molecule has 1 unspecified atom stereocenters. The van der Waals surface area contributed by atoms with E-state index in [1.807, 2.05) is 13.1 Å². The molecule has 1 aliphatic carbocycles. The summed E-state index contributed by atoms with van der Waals surface area (Å²) in [7, 11) is 1.97. The number of benzene rings is 1. The van der Waals surface area contributed by atoms with Gasteiger partial charge in [-0.15, -0.1) is 0 Å². The van der Waals surface area contributed by atoms with Crippen molar-refractivity contribution in [1.82, 2.24) is 5.32 Å². The molecule has 1 atom stereocenters. The molecule has 3 heteroatoms. The zero-order valence-corrected chi connectivity index (χ0v) is 12.6. The van der Waals surface area contributed by atoms with Gasteiger partial charge in [0.25, 0.3) is 0 Å². The molecule has 18 heavy (non-hydrogen) atoms. The van der Waals surface area contributed by atoms with Gasteiger partial charge < -0.3 is 10.1 Å². The Morgan fingerprint density at radius 1 is 1.39 bits per heavy atom. The second-order valence-electron chi connectivity index (χ2n) is 5.02. The van der Waals surface area contributed by atoms with E-state index < -0.39 is 0 Å². The third-order valence-electron chi connectivity index (χ3n) is 3.71. The fourth-order valence-corrected chi connectivity index (χ4v) is 2.88. The zero-order valence-electron chi connectivity index (χ0n) is 11.0. The molecule has 2 rings (SSSR count). The Hall–Kier alpha value is -0.380. The van der Waals surface area contributed by atoms with Gasteiger partial charge in [-0.05, 0) is 31.0 Å². The summed E-state index contributed by atoms with van der Waals surface area (Å²) >= 11 is 3.60. The average Bonchev–Trinajstić information content (AvgIpc) is 2.32. The molecule has 1 aromatic carbocycles. The van der Waals surface area contributed by atoms with Crippen molar-refractivity contribution in [3.63, 3.8) is 0 Å². The normalized spacial score (nSPS) is 17.4. The van der Waals surface area contributed by atoms with Crippen LogP contribution in [0.1, 0.15) is 37.4 Å². The third-order valence-corrected chi connectivity index (χ3v) is 4.43. The second kappa shape index (κ2) is 7.27. The molecule has 1 aliphatic rings. The standard InChI is InChI=1S/C15H22BrNO/c1-17-11-15(13-7-2-3-8-14(13)16)18-10-9-12-5-4-6-12/h2-3,7-8,12,15,17H,4-6,9-11H2,1H3. The lowest BCUT2D eigenvalue weighted by Gasteiger charge is -2.26. The molecule has 1 fully saturated rings. The minimum absolute atomic E-state index is 0.144. The van der Waals surface area contributed by atoms with Crippen LogP contribution in [0.15, 0.2) is 28.7 Å². The van der Waals surface area contributed by atoms with Gasteiger partial charge in [0.2, 0.25) is 0 Å². The minimum Gasteiger partial charge on any atom is -0.372 e. The first kappa shape index (κ1) is 14.0. The molecule has 0 amide bonds. The molecule has 100 valence electrons. The van der Waals surface area contributed by atoms with Gasteiger partial charge in [0.1, 0.15) is 0 Å². The molecule has 1 aromatic rings. The molecule has 2 nitrogen and oxygen atoms in total. The molecular formula is C15H22BrNO. The van der Waals surface area contributed by atoms with Crippen LogP contribution in [0.25, 0.3) is 0 Å². The van der Waals surface area contributed by atoms with E-state index >= 15 is 0 Å². The highest BCUT2D eigenvalue weighted by atomic mass is 79.9. The summed E-state index contributed by atoms with van der Waals surface area (Å²) < 4.78 is 7.20. The predicted octanol–water partition coefficient (Wildman–Crippen LogP) is 3.92. The van der Waals surface area contributed by atoms with Crippen molar-refractivity contribution >= 4 is 15.9 Å². The van der Waals surface area contributed by atoms with Gasteiger partial charge in [-0.25, -0.2) is 0 Å². The van der Waals surface area contributed by atoms with Gasteiger partial charge in [0.15, 0.2) is 0 Å². The fraction of sp³-hybridized carbons (Fsp3) is 0.600. The maximum atomic E-state index is 6.06. The Morgan fingerprint density at radius 2 is 2.17 bits per heavy atom. The zero-order chi connectivity index (χ0) is 12.8. The molecule has 1 saturated carbocycles. The summed E-state index contributed by atoms with van der Waals surface area (Å²) in [5.74, 6) is 0.916. The summed E-state index contributed by atoms with van der Waals surface area (Å²) in [6.45, 7) is 1.73. The number of nitrogens with one attached hydrogen (secondary N) is 1. The predicted molar refractivity (Wildman–Crippen MR) is 78.7 cm³/mol. The topological polar surface area (TPSA) is 21.3 Å². The SMILES string of the molecule is CNCC(OCCC1CCC1)c1ccccc1Br. The van der Waals surface area contributed by atoms with Crippen molar-refractivity contribution in [2.75, 3.05) is 20.2 Å².